The van der Waals surface area contributed by atoms with E-state index in [0.29, 0.717) is 5.88 Å². The highest BCUT2D eigenvalue weighted by atomic mass is 35.5. The third-order valence-electron chi connectivity index (χ3n) is 1.01. The van der Waals surface area contributed by atoms with Crippen LogP contribution in [0.15, 0.2) is 15.6 Å². The number of aliphatic imine (C=N–C) groups is 1. The van der Waals surface area contributed by atoms with E-state index < -0.39 is 0 Å². The van der Waals surface area contributed by atoms with E-state index in [0.717, 1.165) is 10.6 Å². The van der Waals surface area contributed by atoms with Crippen LogP contribution in [-0.2, 0) is 0 Å². The summed E-state index contributed by atoms with van der Waals surface area (Å²) in [6.45, 7) is 5.30. The lowest BCUT2D eigenvalue weighted by molar-refractivity contribution is 1.29. The Balaban J connectivity index is 4.17. The Labute approximate surface area is 65.2 Å². The first-order chi connectivity index (χ1) is 4.26. The Morgan fingerprint density at radius 2 is 2.33 bits per heavy atom. The summed E-state index contributed by atoms with van der Waals surface area (Å²) in [6, 6.07) is 0. The van der Waals surface area contributed by atoms with Crippen LogP contribution in [0.3, 0.4) is 0 Å². The van der Waals surface area contributed by atoms with Crippen molar-refractivity contribution in [2.24, 2.45) is 4.99 Å². The zero-order valence-electron chi connectivity index (χ0n) is 5.65. The molecule has 0 aromatic carbocycles. The van der Waals surface area contributed by atoms with Gasteiger partial charge in [-0.05, 0) is 19.9 Å². The summed E-state index contributed by atoms with van der Waals surface area (Å²) >= 11 is 7.19. The standard InChI is InChI=1S/C6H10ClNS/c1-5(8-2)6(4-7)9-3/h2,4H2,1,3H3/b6-5-. The average Bonchev–Trinajstić information content (AvgIpc) is 1.90. The number of allylic oxidation sites excluding steroid dienone is 2. The maximum atomic E-state index is 5.57. The van der Waals surface area contributed by atoms with Crippen LogP contribution in [0, 0.1) is 0 Å². The Morgan fingerprint density at radius 3 is 2.44 bits per heavy atom. The van der Waals surface area contributed by atoms with Crippen molar-refractivity contribution in [1.82, 2.24) is 0 Å². The smallest absolute Gasteiger partial charge is 0.0551 e. The molecule has 0 radical (unpaired) electrons. The molecule has 0 aromatic rings. The van der Waals surface area contributed by atoms with Gasteiger partial charge in [-0.3, -0.25) is 4.99 Å². The van der Waals surface area contributed by atoms with E-state index in [1.165, 1.54) is 0 Å². The maximum Gasteiger partial charge on any atom is 0.0551 e. The quantitative estimate of drug-likeness (QED) is 0.460. The van der Waals surface area contributed by atoms with Crippen molar-refractivity contribution in [3.05, 3.63) is 10.6 Å². The van der Waals surface area contributed by atoms with Crippen molar-refractivity contribution >= 4 is 30.1 Å². The summed E-state index contributed by atoms with van der Waals surface area (Å²) in [5.74, 6) is 0.534. The van der Waals surface area contributed by atoms with E-state index in [1.807, 2.05) is 13.2 Å². The summed E-state index contributed by atoms with van der Waals surface area (Å²) in [5.41, 5.74) is 0.928. The molecule has 0 rings (SSSR count). The first-order valence-electron chi connectivity index (χ1n) is 2.52. The Kier molecular flexibility index (Phi) is 4.91. The Morgan fingerprint density at radius 1 is 1.78 bits per heavy atom. The minimum Gasteiger partial charge on any atom is -0.269 e. The molecule has 0 fully saturated rings. The molecule has 0 aromatic heterocycles. The van der Waals surface area contributed by atoms with Crippen molar-refractivity contribution in [2.75, 3.05) is 12.1 Å². The van der Waals surface area contributed by atoms with Crippen molar-refractivity contribution in [3.8, 4) is 0 Å². The number of alkyl halides is 1. The van der Waals surface area contributed by atoms with E-state index >= 15 is 0 Å². The molecule has 1 nitrogen and oxygen atoms in total. The van der Waals surface area contributed by atoms with Crippen LogP contribution in [0.2, 0.25) is 0 Å². The SMILES string of the molecule is C=N/C(C)=C(/CCl)SC. The minimum absolute atomic E-state index is 0.534. The van der Waals surface area contributed by atoms with Crippen molar-refractivity contribution in [2.45, 2.75) is 6.92 Å². The monoisotopic (exact) mass is 163 g/mol. The minimum atomic E-state index is 0.534. The molecule has 0 N–H and O–H groups in total. The molecule has 0 aliphatic heterocycles. The van der Waals surface area contributed by atoms with Crippen LogP contribution < -0.4 is 0 Å². The molecule has 0 heterocycles. The topological polar surface area (TPSA) is 12.4 Å². The molecule has 0 spiro atoms. The van der Waals surface area contributed by atoms with Gasteiger partial charge in [0.05, 0.1) is 5.88 Å². The number of halogens is 1. The predicted octanol–water partition coefficient (Wildman–Crippen LogP) is 2.52. The lowest BCUT2D eigenvalue weighted by atomic mass is 10.5. The molecule has 0 amide bonds. The normalized spacial score (nSPS) is 12.8. The van der Waals surface area contributed by atoms with Gasteiger partial charge in [0, 0.05) is 10.6 Å². The summed E-state index contributed by atoms with van der Waals surface area (Å²) in [5, 5.41) is 0. The number of hydrogen-bond donors (Lipinski definition) is 0. The molecule has 0 aliphatic rings. The van der Waals surface area contributed by atoms with Gasteiger partial charge in [0.2, 0.25) is 0 Å². The van der Waals surface area contributed by atoms with Gasteiger partial charge in [-0.15, -0.1) is 23.4 Å². The zero-order chi connectivity index (χ0) is 7.28. The highest BCUT2D eigenvalue weighted by Crippen LogP contribution is 2.18. The van der Waals surface area contributed by atoms with Gasteiger partial charge in [-0.2, -0.15) is 0 Å². The van der Waals surface area contributed by atoms with Crippen LogP contribution in [0.5, 0.6) is 0 Å². The maximum absolute atomic E-state index is 5.57. The van der Waals surface area contributed by atoms with Gasteiger partial charge in [0.25, 0.3) is 0 Å². The van der Waals surface area contributed by atoms with Crippen LogP contribution in [0.4, 0.5) is 0 Å². The fraction of sp³-hybridized carbons (Fsp3) is 0.500. The molecule has 52 valence electrons. The fourth-order valence-corrected chi connectivity index (χ4v) is 1.38. The summed E-state index contributed by atoms with van der Waals surface area (Å²) in [4.78, 5) is 4.84. The van der Waals surface area contributed by atoms with Crippen LogP contribution in [-0.4, -0.2) is 18.9 Å². The highest BCUT2D eigenvalue weighted by Gasteiger charge is 1.95. The molecule has 0 atom stereocenters. The second kappa shape index (κ2) is 4.89. The lowest BCUT2D eigenvalue weighted by Crippen LogP contribution is -1.81. The Bertz CT molecular complexity index is 125. The first kappa shape index (κ1) is 9.05. The lowest BCUT2D eigenvalue weighted by Gasteiger charge is -1.98. The van der Waals surface area contributed by atoms with E-state index in [9.17, 15) is 0 Å². The molecule has 0 aliphatic carbocycles. The summed E-state index contributed by atoms with van der Waals surface area (Å²) in [7, 11) is 0. The molecule has 0 bridgehead atoms. The second-order valence-corrected chi connectivity index (χ2v) is 2.67. The molecule has 0 saturated heterocycles. The third kappa shape index (κ3) is 2.92. The van der Waals surface area contributed by atoms with Crippen molar-refractivity contribution < 1.29 is 0 Å². The van der Waals surface area contributed by atoms with Crippen LogP contribution in [0.1, 0.15) is 6.92 Å². The predicted molar refractivity (Wildman–Crippen MR) is 46.5 cm³/mol. The molecule has 0 saturated carbocycles. The van der Waals surface area contributed by atoms with Gasteiger partial charge >= 0.3 is 0 Å². The Hall–Kier alpha value is 0.0500. The molecular weight excluding hydrogens is 154 g/mol. The number of thioether (sulfide) groups is 1. The van der Waals surface area contributed by atoms with Crippen LogP contribution >= 0.6 is 23.4 Å². The van der Waals surface area contributed by atoms with E-state index in [1.54, 1.807) is 11.8 Å². The van der Waals surface area contributed by atoms with Gasteiger partial charge in [-0.1, -0.05) is 0 Å². The number of rotatable bonds is 3. The van der Waals surface area contributed by atoms with E-state index in [2.05, 4.69) is 11.7 Å². The average molecular weight is 164 g/mol. The summed E-state index contributed by atoms with van der Waals surface area (Å²) < 4.78 is 0. The second-order valence-electron chi connectivity index (χ2n) is 1.50. The first-order valence-corrected chi connectivity index (χ1v) is 4.28. The zero-order valence-corrected chi connectivity index (χ0v) is 7.22. The third-order valence-corrected chi connectivity index (χ3v) is 2.37. The van der Waals surface area contributed by atoms with E-state index in [-0.39, 0.29) is 0 Å². The molecule has 0 unspecified atom stereocenters. The van der Waals surface area contributed by atoms with Crippen LogP contribution in [0.25, 0.3) is 0 Å². The molecule has 3 heteroatoms. The van der Waals surface area contributed by atoms with Crippen molar-refractivity contribution in [3.63, 3.8) is 0 Å². The number of hydrogen-bond acceptors (Lipinski definition) is 2. The van der Waals surface area contributed by atoms with Crippen molar-refractivity contribution in [1.29, 1.82) is 0 Å². The largest absolute Gasteiger partial charge is 0.269 e. The fourth-order valence-electron chi connectivity index (χ4n) is 0.387. The molecule has 9 heavy (non-hydrogen) atoms. The molecular formula is C6H10ClNS. The van der Waals surface area contributed by atoms with Gasteiger partial charge in [0.15, 0.2) is 0 Å². The summed E-state index contributed by atoms with van der Waals surface area (Å²) in [6.07, 6.45) is 1.98. The van der Waals surface area contributed by atoms with Gasteiger partial charge in [0.1, 0.15) is 0 Å². The van der Waals surface area contributed by atoms with Gasteiger partial charge < -0.3 is 0 Å². The highest BCUT2D eigenvalue weighted by molar-refractivity contribution is 8.02. The van der Waals surface area contributed by atoms with E-state index in [4.69, 9.17) is 11.6 Å². The van der Waals surface area contributed by atoms with Gasteiger partial charge in [-0.25, -0.2) is 0 Å². The number of nitrogens with zero attached hydrogens (tertiary/aromatic N) is 1.